The van der Waals surface area contributed by atoms with E-state index in [0.717, 1.165) is 0 Å². The molecule has 19 heavy (non-hydrogen) atoms. The van der Waals surface area contributed by atoms with Gasteiger partial charge in [0, 0.05) is 13.7 Å². The van der Waals surface area contributed by atoms with Crippen molar-refractivity contribution in [2.24, 2.45) is 16.6 Å². The second-order valence-corrected chi connectivity index (χ2v) is 5.36. The number of guanidine groups is 1. The lowest BCUT2D eigenvalue weighted by atomic mass is 9.75. The molecule has 0 atom stereocenters. The normalized spacial score (nSPS) is 31.9. The van der Waals surface area contributed by atoms with Crippen molar-refractivity contribution in [1.29, 1.82) is 0 Å². The standard InChI is InChI=1S/C12H20F3N3O/c1-19-7-6-18-10(16)17-8-11(18)4-2-9(3-5-11)12(13,14)15/h9H,2-8H2,1H3,(H2,16,17). The summed E-state index contributed by atoms with van der Waals surface area (Å²) in [5.41, 5.74) is 5.53. The molecule has 1 heterocycles. The molecule has 1 aliphatic carbocycles. The lowest BCUT2D eigenvalue weighted by Gasteiger charge is -2.44. The maximum absolute atomic E-state index is 12.7. The predicted octanol–water partition coefficient (Wildman–Crippen LogP) is 1.75. The van der Waals surface area contributed by atoms with Gasteiger partial charge in [0.05, 0.1) is 24.6 Å². The number of halogens is 3. The quantitative estimate of drug-likeness (QED) is 0.856. The Kier molecular flexibility index (Phi) is 3.94. The summed E-state index contributed by atoms with van der Waals surface area (Å²) in [5, 5.41) is 0. The fourth-order valence-corrected chi connectivity index (χ4v) is 3.09. The van der Waals surface area contributed by atoms with Gasteiger partial charge < -0.3 is 15.4 Å². The lowest BCUT2D eigenvalue weighted by molar-refractivity contribution is -0.186. The van der Waals surface area contributed by atoms with Gasteiger partial charge >= 0.3 is 6.18 Å². The molecule has 0 radical (unpaired) electrons. The number of hydrogen-bond acceptors (Lipinski definition) is 4. The highest BCUT2D eigenvalue weighted by atomic mass is 19.4. The first-order chi connectivity index (χ1) is 8.89. The first-order valence-corrected chi connectivity index (χ1v) is 6.52. The monoisotopic (exact) mass is 279 g/mol. The molecule has 7 heteroatoms. The average Bonchev–Trinajstić information content (AvgIpc) is 2.64. The third-order valence-electron chi connectivity index (χ3n) is 4.28. The maximum Gasteiger partial charge on any atom is 0.391 e. The Bertz CT molecular complexity index is 349. The number of nitrogens with zero attached hydrogens (tertiary/aromatic N) is 2. The Balaban J connectivity index is 2.01. The first kappa shape index (κ1) is 14.4. The van der Waals surface area contributed by atoms with E-state index in [0.29, 0.717) is 38.5 Å². The van der Waals surface area contributed by atoms with Crippen LogP contribution in [0.2, 0.25) is 0 Å². The molecule has 1 aliphatic heterocycles. The Morgan fingerprint density at radius 1 is 1.42 bits per heavy atom. The number of nitrogens with two attached hydrogens (primary N) is 1. The van der Waals surface area contributed by atoms with E-state index in [1.54, 1.807) is 7.11 Å². The Morgan fingerprint density at radius 2 is 2.05 bits per heavy atom. The summed E-state index contributed by atoms with van der Waals surface area (Å²) in [6.45, 7) is 1.59. The van der Waals surface area contributed by atoms with Crippen molar-refractivity contribution in [2.75, 3.05) is 26.8 Å². The molecular formula is C12H20F3N3O. The van der Waals surface area contributed by atoms with E-state index >= 15 is 0 Å². The van der Waals surface area contributed by atoms with Gasteiger partial charge in [0.25, 0.3) is 0 Å². The second-order valence-electron chi connectivity index (χ2n) is 5.36. The van der Waals surface area contributed by atoms with Gasteiger partial charge in [0.15, 0.2) is 5.96 Å². The van der Waals surface area contributed by atoms with Crippen molar-refractivity contribution in [1.82, 2.24) is 4.90 Å². The molecule has 2 N–H and O–H groups in total. The molecular weight excluding hydrogens is 259 g/mol. The minimum absolute atomic E-state index is 0.162. The van der Waals surface area contributed by atoms with Crippen molar-refractivity contribution >= 4 is 5.96 Å². The van der Waals surface area contributed by atoms with Crippen molar-refractivity contribution in [3.63, 3.8) is 0 Å². The first-order valence-electron chi connectivity index (χ1n) is 6.52. The Labute approximate surface area is 110 Å². The largest absolute Gasteiger partial charge is 0.391 e. The van der Waals surface area contributed by atoms with Crippen LogP contribution in [0.5, 0.6) is 0 Å². The van der Waals surface area contributed by atoms with Crippen LogP contribution in [0.3, 0.4) is 0 Å². The second kappa shape index (κ2) is 5.19. The van der Waals surface area contributed by atoms with Gasteiger partial charge in [-0.05, 0) is 25.7 Å². The van der Waals surface area contributed by atoms with Crippen LogP contribution in [0.25, 0.3) is 0 Å². The van der Waals surface area contributed by atoms with Gasteiger partial charge in [-0.15, -0.1) is 0 Å². The fourth-order valence-electron chi connectivity index (χ4n) is 3.09. The average molecular weight is 279 g/mol. The SMILES string of the molecule is COCCN1C(N)=NCC12CCC(C(F)(F)F)CC2. The zero-order valence-electron chi connectivity index (χ0n) is 11.0. The molecule has 4 nitrogen and oxygen atoms in total. The zero-order valence-corrected chi connectivity index (χ0v) is 11.0. The minimum Gasteiger partial charge on any atom is -0.383 e. The van der Waals surface area contributed by atoms with E-state index in [9.17, 15) is 13.2 Å². The van der Waals surface area contributed by atoms with Crippen LogP contribution in [0, 0.1) is 5.92 Å². The highest BCUT2D eigenvalue weighted by molar-refractivity contribution is 5.81. The highest BCUT2D eigenvalue weighted by Gasteiger charge is 2.50. The van der Waals surface area contributed by atoms with Gasteiger partial charge in [-0.2, -0.15) is 13.2 Å². The molecule has 0 saturated heterocycles. The lowest BCUT2D eigenvalue weighted by Crippen LogP contribution is -2.55. The number of methoxy groups -OCH3 is 1. The van der Waals surface area contributed by atoms with Crippen LogP contribution in [-0.2, 0) is 4.74 Å². The van der Waals surface area contributed by atoms with Gasteiger partial charge in [-0.1, -0.05) is 0 Å². The van der Waals surface area contributed by atoms with Gasteiger partial charge in [-0.3, -0.25) is 4.99 Å². The molecule has 0 aromatic heterocycles. The summed E-state index contributed by atoms with van der Waals surface area (Å²) in [6.07, 6.45) is -2.77. The molecule has 1 spiro atoms. The Morgan fingerprint density at radius 3 is 2.58 bits per heavy atom. The number of rotatable bonds is 3. The summed E-state index contributed by atoms with van der Waals surface area (Å²) in [7, 11) is 1.59. The van der Waals surface area contributed by atoms with E-state index < -0.39 is 12.1 Å². The third kappa shape index (κ3) is 2.80. The summed E-state index contributed by atoms with van der Waals surface area (Å²) in [5.74, 6) is -0.744. The van der Waals surface area contributed by atoms with Crippen LogP contribution in [0.1, 0.15) is 25.7 Å². The van der Waals surface area contributed by atoms with Gasteiger partial charge in [0.1, 0.15) is 0 Å². The van der Waals surface area contributed by atoms with Crippen LogP contribution in [0.4, 0.5) is 13.2 Å². The van der Waals surface area contributed by atoms with Crippen molar-refractivity contribution in [3.8, 4) is 0 Å². The molecule has 110 valence electrons. The molecule has 0 aromatic carbocycles. The number of hydrogen-bond donors (Lipinski definition) is 1. The summed E-state index contributed by atoms with van der Waals surface area (Å²) in [4.78, 5) is 6.15. The smallest absolute Gasteiger partial charge is 0.383 e. The van der Waals surface area contributed by atoms with Crippen LogP contribution in [0.15, 0.2) is 4.99 Å². The minimum atomic E-state index is -4.08. The third-order valence-corrected chi connectivity index (χ3v) is 4.28. The maximum atomic E-state index is 12.7. The molecule has 0 amide bonds. The molecule has 1 saturated carbocycles. The van der Waals surface area contributed by atoms with E-state index in [4.69, 9.17) is 10.5 Å². The topological polar surface area (TPSA) is 50.9 Å². The van der Waals surface area contributed by atoms with E-state index in [-0.39, 0.29) is 18.4 Å². The molecule has 2 rings (SSSR count). The zero-order chi connectivity index (χ0) is 14.1. The molecule has 0 aromatic rings. The van der Waals surface area contributed by atoms with Crippen molar-refractivity contribution < 1.29 is 17.9 Å². The summed E-state index contributed by atoms with van der Waals surface area (Å²) >= 11 is 0. The molecule has 0 unspecified atom stereocenters. The molecule has 2 aliphatic rings. The van der Waals surface area contributed by atoms with Crippen LogP contribution >= 0.6 is 0 Å². The van der Waals surface area contributed by atoms with E-state index in [2.05, 4.69) is 4.99 Å². The molecule has 1 fully saturated rings. The van der Waals surface area contributed by atoms with Crippen LogP contribution < -0.4 is 5.73 Å². The fraction of sp³-hybridized carbons (Fsp3) is 0.917. The van der Waals surface area contributed by atoms with E-state index in [1.165, 1.54) is 0 Å². The number of ether oxygens (including phenoxy) is 1. The van der Waals surface area contributed by atoms with E-state index in [1.807, 2.05) is 4.90 Å². The predicted molar refractivity (Wildman–Crippen MR) is 65.8 cm³/mol. The van der Waals surface area contributed by atoms with Gasteiger partial charge in [-0.25, -0.2) is 0 Å². The number of aliphatic imine (C=N–C) groups is 1. The van der Waals surface area contributed by atoms with Crippen molar-refractivity contribution in [3.05, 3.63) is 0 Å². The summed E-state index contributed by atoms with van der Waals surface area (Å²) < 4.78 is 43.1. The number of alkyl halides is 3. The Hall–Kier alpha value is -0.980. The summed E-state index contributed by atoms with van der Waals surface area (Å²) in [6, 6.07) is 0. The van der Waals surface area contributed by atoms with Crippen molar-refractivity contribution in [2.45, 2.75) is 37.4 Å². The van der Waals surface area contributed by atoms with Crippen LogP contribution in [-0.4, -0.2) is 49.4 Å². The van der Waals surface area contributed by atoms with Gasteiger partial charge in [0.2, 0.25) is 0 Å². The highest BCUT2D eigenvalue weighted by Crippen LogP contribution is 2.44. The molecule has 0 bridgehead atoms.